The fourth-order valence-corrected chi connectivity index (χ4v) is 2.67. The summed E-state index contributed by atoms with van der Waals surface area (Å²) in [6, 6.07) is 5.91. The molecule has 3 rings (SSSR count). The third-order valence-corrected chi connectivity index (χ3v) is 3.82. The van der Waals surface area contributed by atoms with Gasteiger partial charge in [-0.15, -0.1) is 0 Å². The lowest BCUT2D eigenvalue weighted by Gasteiger charge is -2.14. The molecule has 0 saturated heterocycles. The van der Waals surface area contributed by atoms with Gasteiger partial charge in [0.25, 0.3) is 5.56 Å². The number of nitrogens with zero attached hydrogens (tertiary/aromatic N) is 4. The van der Waals surface area contributed by atoms with Crippen molar-refractivity contribution in [3.05, 3.63) is 69.4 Å². The summed E-state index contributed by atoms with van der Waals surface area (Å²) in [5.41, 5.74) is 1.32. The number of carbonyl (C=O) groups is 1. The first-order valence-electron chi connectivity index (χ1n) is 8.11. The second-order valence-electron chi connectivity index (χ2n) is 6.13. The van der Waals surface area contributed by atoms with E-state index in [1.165, 1.54) is 10.7 Å². The molecule has 1 N–H and O–H groups in total. The van der Waals surface area contributed by atoms with E-state index < -0.39 is 29.6 Å². The molecule has 7 nitrogen and oxygen atoms in total. The first-order chi connectivity index (χ1) is 12.7. The number of rotatable bonds is 4. The van der Waals surface area contributed by atoms with Crippen LogP contribution in [0.15, 0.2) is 35.1 Å². The second kappa shape index (κ2) is 7.10. The van der Waals surface area contributed by atoms with Gasteiger partial charge in [0.1, 0.15) is 18.2 Å². The summed E-state index contributed by atoms with van der Waals surface area (Å²) in [5, 5.41) is 6.63. The van der Waals surface area contributed by atoms with Crippen molar-refractivity contribution in [2.45, 2.75) is 27.3 Å². The zero-order valence-electron chi connectivity index (χ0n) is 15.0. The Morgan fingerprint density at radius 2 is 1.85 bits per heavy atom. The minimum atomic E-state index is -0.906. The summed E-state index contributed by atoms with van der Waals surface area (Å²) < 4.78 is 29.3. The quantitative estimate of drug-likeness (QED) is 0.761. The summed E-state index contributed by atoms with van der Waals surface area (Å²) in [4.78, 5) is 29.1. The van der Waals surface area contributed by atoms with Gasteiger partial charge in [0, 0.05) is 23.5 Å². The molecule has 0 spiro atoms. The molecule has 9 heteroatoms. The molecule has 0 fully saturated rings. The zero-order valence-corrected chi connectivity index (χ0v) is 15.0. The van der Waals surface area contributed by atoms with Crippen LogP contribution in [0.3, 0.4) is 0 Å². The van der Waals surface area contributed by atoms with Crippen molar-refractivity contribution in [1.82, 2.24) is 19.3 Å². The van der Waals surface area contributed by atoms with Crippen molar-refractivity contribution in [3.8, 4) is 5.95 Å². The average molecular weight is 373 g/mol. The molecule has 0 unspecified atom stereocenters. The molecule has 0 saturated carbocycles. The maximum Gasteiger partial charge on any atom is 0.255 e. The zero-order chi connectivity index (χ0) is 19.7. The Balaban J connectivity index is 1.95. The van der Waals surface area contributed by atoms with Crippen molar-refractivity contribution in [1.29, 1.82) is 0 Å². The van der Waals surface area contributed by atoms with E-state index in [1.54, 1.807) is 20.8 Å². The van der Waals surface area contributed by atoms with Gasteiger partial charge in [0.15, 0.2) is 0 Å². The molecular formula is C18H17F2N5O2. The number of hydrogen-bond acceptors (Lipinski definition) is 4. The monoisotopic (exact) mass is 373 g/mol. The summed E-state index contributed by atoms with van der Waals surface area (Å²) in [7, 11) is 0. The fourth-order valence-electron chi connectivity index (χ4n) is 2.67. The fraction of sp³-hybridized carbons (Fsp3) is 0.222. The van der Waals surface area contributed by atoms with Crippen molar-refractivity contribution < 1.29 is 13.6 Å². The van der Waals surface area contributed by atoms with E-state index in [1.807, 2.05) is 6.07 Å². The summed E-state index contributed by atoms with van der Waals surface area (Å²) >= 11 is 0. The van der Waals surface area contributed by atoms with Crippen molar-refractivity contribution >= 4 is 11.6 Å². The molecule has 2 aromatic heterocycles. The maximum absolute atomic E-state index is 13.7. The molecule has 0 radical (unpaired) electrons. The van der Waals surface area contributed by atoms with Crippen LogP contribution in [-0.2, 0) is 11.3 Å². The van der Waals surface area contributed by atoms with Gasteiger partial charge in [-0.2, -0.15) is 5.10 Å². The van der Waals surface area contributed by atoms with Crippen LogP contribution in [0.1, 0.15) is 17.1 Å². The number of anilines is 1. The number of aromatic nitrogens is 4. The largest absolute Gasteiger partial charge is 0.322 e. The number of halogens is 2. The topological polar surface area (TPSA) is 81.8 Å². The number of nitrogens with one attached hydrogen (secondary N) is 1. The van der Waals surface area contributed by atoms with Crippen LogP contribution in [0.2, 0.25) is 0 Å². The van der Waals surface area contributed by atoms with Crippen molar-refractivity contribution in [2.75, 3.05) is 5.32 Å². The first kappa shape index (κ1) is 18.4. The second-order valence-corrected chi connectivity index (χ2v) is 6.13. The van der Waals surface area contributed by atoms with E-state index in [0.29, 0.717) is 11.8 Å². The molecule has 0 atom stereocenters. The van der Waals surface area contributed by atoms with Gasteiger partial charge in [0.2, 0.25) is 11.9 Å². The highest BCUT2D eigenvalue weighted by molar-refractivity contribution is 5.90. The van der Waals surface area contributed by atoms with Gasteiger partial charge in [-0.05, 0) is 39.0 Å². The molecule has 1 aromatic carbocycles. The molecule has 0 aliphatic rings. The Labute approximate surface area is 153 Å². The molecule has 0 bridgehead atoms. The number of carbonyl (C=O) groups excluding carboxylic acids is 1. The lowest BCUT2D eigenvalue weighted by molar-refractivity contribution is -0.116. The minimum absolute atomic E-state index is 0.179. The normalized spacial score (nSPS) is 10.9. The molecule has 0 aliphatic carbocycles. The van der Waals surface area contributed by atoms with Crippen LogP contribution >= 0.6 is 0 Å². The number of aryl methyl sites for hydroxylation is 3. The van der Waals surface area contributed by atoms with Gasteiger partial charge in [0.05, 0.1) is 11.4 Å². The average Bonchev–Trinajstić information content (AvgIpc) is 2.91. The Kier molecular flexibility index (Phi) is 4.85. The van der Waals surface area contributed by atoms with E-state index in [0.717, 1.165) is 28.1 Å². The van der Waals surface area contributed by atoms with Crippen LogP contribution in [0.5, 0.6) is 0 Å². The van der Waals surface area contributed by atoms with E-state index in [9.17, 15) is 18.4 Å². The number of hydrogen-bond donors (Lipinski definition) is 1. The minimum Gasteiger partial charge on any atom is -0.322 e. The van der Waals surface area contributed by atoms with E-state index >= 15 is 0 Å². The van der Waals surface area contributed by atoms with Crippen molar-refractivity contribution in [2.24, 2.45) is 0 Å². The van der Waals surface area contributed by atoms with Gasteiger partial charge in [-0.3, -0.25) is 14.2 Å². The van der Waals surface area contributed by atoms with E-state index in [4.69, 9.17) is 0 Å². The summed E-state index contributed by atoms with van der Waals surface area (Å²) in [5.74, 6) is -2.14. The molecule has 1 amide bonds. The van der Waals surface area contributed by atoms with Gasteiger partial charge in [-0.25, -0.2) is 18.4 Å². The number of benzene rings is 1. The Bertz CT molecular complexity index is 1090. The van der Waals surface area contributed by atoms with Crippen LogP contribution in [0.25, 0.3) is 5.95 Å². The summed E-state index contributed by atoms with van der Waals surface area (Å²) in [6.45, 7) is 4.85. The first-order valence-corrected chi connectivity index (χ1v) is 8.11. The smallest absolute Gasteiger partial charge is 0.255 e. The Morgan fingerprint density at radius 1 is 1.11 bits per heavy atom. The third-order valence-electron chi connectivity index (χ3n) is 3.82. The molecule has 0 aliphatic heterocycles. The highest BCUT2D eigenvalue weighted by atomic mass is 19.1. The van der Waals surface area contributed by atoms with Gasteiger partial charge in [-0.1, -0.05) is 0 Å². The SMILES string of the molecule is Cc1cc(=O)n(CC(=O)Nc2ccc(F)cc2F)c(-n2nc(C)cc2C)n1. The third kappa shape index (κ3) is 3.91. The van der Waals surface area contributed by atoms with Crippen molar-refractivity contribution in [3.63, 3.8) is 0 Å². The highest BCUT2D eigenvalue weighted by Crippen LogP contribution is 2.15. The van der Waals surface area contributed by atoms with Crippen LogP contribution in [0, 0.1) is 32.4 Å². The van der Waals surface area contributed by atoms with Crippen LogP contribution < -0.4 is 10.9 Å². The number of amides is 1. The predicted molar refractivity (Wildman–Crippen MR) is 94.8 cm³/mol. The standard InChI is InChI=1S/C18H17F2N5O2/c1-10-7-17(27)24(18(21-10)25-12(3)6-11(2)23-25)9-16(26)22-15-5-4-13(19)8-14(15)20/h4-8H,9H2,1-3H3,(H,22,26). The Morgan fingerprint density at radius 3 is 2.48 bits per heavy atom. The maximum atomic E-state index is 13.7. The van der Waals surface area contributed by atoms with Gasteiger partial charge >= 0.3 is 0 Å². The lowest BCUT2D eigenvalue weighted by Crippen LogP contribution is -2.32. The Hall–Kier alpha value is -3.36. The molecule has 27 heavy (non-hydrogen) atoms. The van der Waals surface area contributed by atoms with E-state index in [-0.39, 0.29) is 11.6 Å². The molecule has 3 aromatic rings. The lowest BCUT2D eigenvalue weighted by atomic mass is 10.3. The van der Waals surface area contributed by atoms with E-state index in [2.05, 4.69) is 15.4 Å². The molecule has 140 valence electrons. The predicted octanol–water partition coefficient (Wildman–Crippen LogP) is 2.27. The molecule has 2 heterocycles. The highest BCUT2D eigenvalue weighted by Gasteiger charge is 2.16. The summed E-state index contributed by atoms with van der Waals surface area (Å²) in [6.07, 6.45) is 0. The van der Waals surface area contributed by atoms with Gasteiger partial charge < -0.3 is 5.32 Å². The molecular weight excluding hydrogens is 356 g/mol. The van der Waals surface area contributed by atoms with Crippen LogP contribution in [0.4, 0.5) is 14.5 Å². The van der Waals surface area contributed by atoms with Crippen LogP contribution in [-0.4, -0.2) is 25.2 Å².